The minimum atomic E-state index is -2.82. The molecular formula is C21H14ClF2N5O4. The van der Waals surface area contributed by atoms with E-state index < -0.39 is 22.9 Å². The van der Waals surface area contributed by atoms with Crippen LogP contribution in [-0.4, -0.2) is 25.4 Å². The van der Waals surface area contributed by atoms with Crippen LogP contribution in [0, 0.1) is 17.0 Å². The van der Waals surface area contributed by atoms with Gasteiger partial charge in [-0.25, -0.2) is 18.3 Å². The van der Waals surface area contributed by atoms with E-state index in [0.717, 1.165) is 16.8 Å². The summed E-state index contributed by atoms with van der Waals surface area (Å²) in [5, 5.41) is 18.2. The van der Waals surface area contributed by atoms with Gasteiger partial charge in [-0.2, -0.15) is 5.10 Å². The molecule has 33 heavy (non-hydrogen) atoms. The molecule has 0 unspecified atom stereocenters. The molecule has 2 aromatic heterocycles. The summed E-state index contributed by atoms with van der Waals surface area (Å²) < 4.78 is 33.2. The van der Waals surface area contributed by atoms with Gasteiger partial charge in [0.2, 0.25) is 0 Å². The largest absolute Gasteiger partial charge is 0.457 e. The standard InChI is InChI=1S/C21H14ClF2N5O4/c1-11-6-18(19(23)24)28-20(26-11)17(10-25-28)21(30)27-13-7-14(29(31)32)9-16(8-13)33-15-4-2-12(22)3-5-15/h2-10,19H,1H3,(H,27,30). The summed E-state index contributed by atoms with van der Waals surface area (Å²) in [6.07, 6.45) is -1.72. The Morgan fingerprint density at radius 1 is 1.18 bits per heavy atom. The maximum atomic E-state index is 13.3. The highest BCUT2D eigenvalue weighted by molar-refractivity contribution is 6.30. The van der Waals surface area contributed by atoms with Gasteiger partial charge in [0.15, 0.2) is 5.65 Å². The Labute approximate surface area is 189 Å². The zero-order valence-corrected chi connectivity index (χ0v) is 17.6. The van der Waals surface area contributed by atoms with Crippen molar-refractivity contribution >= 4 is 34.5 Å². The molecule has 4 aromatic rings. The quantitative estimate of drug-likeness (QED) is 0.289. The average molecular weight is 474 g/mol. The molecule has 12 heteroatoms. The number of fused-ring (bicyclic) bond motifs is 1. The lowest BCUT2D eigenvalue weighted by molar-refractivity contribution is -0.384. The van der Waals surface area contributed by atoms with Gasteiger partial charge in [0, 0.05) is 22.8 Å². The second-order valence-corrected chi connectivity index (χ2v) is 7.34. The fourth-order valence-electron chi connectivity index (χ4n) is 3.09. The Morgan fingerprint density at radius 2 is 1.91 bits per heavy atom. The number of nitro groups is 1. The molecule has 1 N–H and O–H groups in total. The van der Waals surface area contributed by atoms with E-state index in [9.17, 15) is 23.7 Å². The number of hydrogen-bond donors (Lipinski definition) is 1. The third-order valence-electron chi connectivity index (χ3n) is 4.50. The molecule has 1 amide bonds. The first-order valence-corrected chi connectivity index (χ1v) is 9.77. The van der Waals surface area contributed by atoms with Gasteiger partial charge in [0.1, 0.15) is 22.8 Å². The van der Waals surface area contributed by atoms with Gasteiger partial charge in [0.25, 0.3) is 18.0 Å². The maximum absolute atomic E-state index is 13.3. The van der Waals surface area contributed by atoms with E-state index in [1.807, 2.05) is 0 Å². The molecule has 0 saturated heterocycles. The predicted octanol–water partition coefficient (Wildman–Crippen LogP) is 5.58. The molecular weight excluding hydrogens is 460 g/mol. The number of amides is 1. The van der Waals surface area contributed by atoms with Crippen LogP contribution in [0.1, 0.15) is 28.2 Å². The monoisotopic (exact) mass is 473 g/mol. The molecule has 0 bridgehead atoms. The Bertz CT molecular complexity index is 1380. The van der Waals surface area contributed by atoms with Crippen molar-refractivity contribution in [2.24, 2.45) is 0 Å². The van der Waals surface area contributed by atoms with Gasteiger partial charge in [-0.15, -0.1) is 0 Å². The molecule has 0 radical (unpaired) electrons. The van der Waals surface area contributed by atoms with Gasteiger partial charge < -0.3 is 10.1 Å². The van der Waals surface area contributed by atoms with Crippen LogP contribution in [-0.2, 0) is 0 Å². The third-order valence-corrected chi connectivity index (χ3v) is 4.76. The van der Waals surface area contributed by atoms with Crippen LogP contribution in [0.4, 0.5) is 20.2 Å². The highest BCUT2D eigenvalue weighted by Crippen LogP contribution is 2.31. The van der Waals surface area contributed by atoms with Crippen LogP contribution in [0.25, 0.3) is 5.65 Å². The number of carbonyl (C=O) groups excluding carboxylic acids is 1. The van der Waals surface area contributed by atoms with Crippen molar-refractivity contribution in [3.63, 3.8) is 0 Å². The van der Waals surface area contributed by atoms with Crippen molar-refractivity contribution < 1.29 is 23.2 Å². The smallest absolute Gasteiger partial charge is 0.280 e. The van der Waals surface area contributed by atoms with Crippen LogP contribution < -0.4 is 10.1 Å². The summed E-state index contributed by atoms with van der Waals surface area (Å²) in [6, 6.07) is 11.2. The highest BCUT2D eigenvalue weighted by Gasteiger charge is 2.21. The number of halogens is 3. The number of nitro benzene ring substituents is 1. The van der Waals surface area contributed by atoms with E-state index in [1.165, 1.54) is 25.1 Å². The second-order valence-electron chi connectivity index (χ2n) is 6.90. The van der Waals surface area contributed by atoms with Gasteiger partial charge in [0.05, 0.1) is 22.9 Å². The zero-order chi connectivity index (χ0) is 23.7. The first kappa shape index (κ1) is 22.1. The summed E-state index contributed by atoms with van der Waals surface area (Å²) in [4.78, 5) is 27.7. The van der Waals surface area contributed by atoms with E-state index in [-0.39, 0.29) is 34.0 Å². The number of alkyl halides is 2. The van der Waals surface area contributed by atoms with Gasteiger partial charge in [-0.05, 0) is 37.3 Å². The molecule has 2 aromatic carbocycles. The summed E-state index contributed by atoms with van der Waals surface area (Å²) in [7, 11) is 0. The second kappa shape index (κ2) is 8.79. The number of nitrogens with one attached hydrogen (secondary N) is 1. The Kier molecular flexibility index (Phi) is 5.88. The minimum Gasteiger partial charge on any atom is -0.457 e. The van der Waals surface area contributed by atoms with E-state index >= 15 is 0 Å². The van der Waals surface area contributed by atoms with Crippen LogP contribution >= 0.6 is 11.6 Å². The van der Waals surface area contributed by atoms with E-state index in [0.29, 0.717) is 10.8 Å². The predicted molar refractivity (Wildman–Crippen MR) is 115 cm³/mol. The van der Waals surface area contributed by atoms with Crippen molar-refractivity contribution in [3.8, 4) is 11.5 Å². The number of hydrogen-bond acceptors (Lipinski definition) is 6. The first-order valence-electron chi connectivity index (χ1n) is 9.39. The van der Waals surface area contributed by atoms with Crippen LogP contribution in [0.15, 0.2) is 54.7 Å². The Balaban J connectivity index is 1.67. The van der Waals surface area contributed by atoms with Crippen LogP contribution in [0.2, 0.25) is 5.02 Å². The van der Waals surface area contributed by atoms with Crippen molar-refractivity contribution in [3.05, 3.63) is 86.8 Å². The molecule has 0 aliphatic carbocycles. The SMILES string of the molecule is Cc1cc(C(F)F)n2ncc(C(=O)Nc3cc(Oc4ccc(Cl)cc4)cc([N+](=O)[O-])c3)c2n1. The van der Waals surface area contributed by atoms with Crippen molar-refractivity contribution in [1.29, 1.82) is 0 Å². The first-order chi connectivity index (χ1) is 15.7. The summed E-state index contributed by atoms with van der Waals surface area (Å²) in [5.74, 6) is -0.268. The summed E-state index contributed by atoms with van der Waals surface area (Å²) >= 11 is 5.85. The van der Waals surface area contributed by atoms with E-state index in [4.69, 9.17) is 16.3 Å². The van der Waals surface area contributed by atoms with Gasteiger partial charge in [-0.3, -0.25) is 14.9 Å². The molecule has 0 saturated carbocycles. The van der Waals surface area contributed by atoms with Crippen LogP contribution in [0.5, 0.6) is 11.5 Å². The molecule has 0 aliphatic heterocycles. The highest BCUT2D eigenvalue weighted by atomic mass is 35.5. The van der Waals surface area contributed by atoms with Crippen molar-refractivity contribution in [2.45, 2.75) is 13.3 Å². The van der Waals surface area contributed by atoms with Crippen LogP contribution in [0.3, 0.4) is 0 Å². The summed E-state index contributed by atoms with van der Waals surface area (Å²) in [6.45, 7) is 1.52. The maximum Gasteiger partial charge on any atom is 0.280 e. The number of aromatic nitrogens is 3. The number of benzene rings is 2. The topological polar surface area (TPSA) is 112 Å². The fraction of sp³-hybridized carbons (Fsp3) is 0.0952. The van der Waals surface area contributed by atoms with Crippen molar-refractivity contribution in [2.75, 3.05) is 5.32 Å². The van der Waals surface area contributed by atoms with Gasteiger partial charge >= 0.3 is 0 Å². The Hall–Kier alpha value is -4.12. The lowest BCUT2D eigenvalue weighted by Crippen LogP contribution is -2.13. The molecule has 9 nitrogen and oxygen atoms in total. The van der Waals surface area contributed by atoms with Gasteiger partial charge in [-0.1, -0.05) is 11.6 Å². The molecule has 0 aliphatic rings. The minimum absolute atomic E-state index is 0.0549. The Morgan fingerprint density at radius 3 is 2.58 bits per heavy atom. The van der Waals surface area contributed by atoms with Crippen molar-refractivity contribution in [1.82, 2.24) is 14.6 Å². The number of rotatable bonds is 6. The van der Waals surface area contributed by atoms with E-state index in [2.05, 4.69) is 15.4 Å². The molecule has 2 heterocycles. The summed E-state index contributed by atoms with van der Waals surface area (Å²) in [5.41, 5.74) is -0.546. The molecule has 0 spiro atoms. The molecule has 168 valence electrons. The number of aryl methyl sites for hydroxylation is 1. The molecule has 0 atom stereocenters. The average Bonchev–Trinajstić information content (AvgIpc) is 3.18. The van der Waals surface area contributed by atoms with E-state index in [1.54, 1.807) is 24.3 Å². The number of anilines is 1. The lowest BCUT2D eigenvalue weighted by Gasteiger charge is -2.10. The third kappa shape index (κ3) is 4.72. The molecule has 0 fully saturated rings. The molecule has 4 rings (SSSR count). The number of non-ortho nitro benzene ring substituents is 1. The lowest BCUT2D eigenvalue weighted by atomic mass is 10.2. The number of nitrogens with zero attached hydrogens (tertiary/aromatic N) is 4. The zero-order valence-electron chi connectivity index (χ0n) is 16.8. The normalized spacial score (nSPS) is 11.1. The fourth-order valence-corrected chi connectivity index (χ4v) is 3.21. The number of carbonyl (C=O) groups is 1. The number of ether oxygens (including phenoxy) is 1.